The Morgan fingerprint density at radius 1 is 1.55 bits per heavy atom. The number of rotatable bonds is 3. The van der Waals surface area contributed by atoms with E-state index in [0.717, 1.165) is 0 Å². The zero-order chi connectivity index (χ0) is 8.48. The number of aliphatic hydroxyl groups is 3. The number of methoxy groups -OCH3 is 1. The summed E-state index contributed by atoms with van der Waals surface area (Å²) in [6.45, 7) is -0.687. The Kier molecular flexibility index (Phi) is 2.46. The zero-order valence-electron chi connectivity index (χ0n) is 6.23. The Hall–Kier alpha value is -0.200. The predicted molar refractivity (Wildman–Crippen MR) is 34.8 cm³/mol. The van der Waals surface area contributed by atoms with Crippen LogP contribution in [0.15, 0.2) is 0 Å². The van der Waals surface area contributed by atoms with Crippen LogP contribution in [0.2, 0.25) is 0 Å². The first-order chi connectivity index (χ1) is 5.20. The van der Waals surface area contributed by atoms with Crippen molar-refractivity contribution in [2.24, 2.45) is 0 Å². The van der Waals surface area contributed by atoms with Crippen LogP contribution in [-0.2, 0) is 9.47 Å². The summed E-state index contributed by atoms with van der Waals surface area (Å²) in [7, 11) is 1.33. The molecule has 1 rings (SSSR count). The average molecular weight is 164 g/mol. The van der Waals surface area contributed by atoms with Crippen LogP contribution in [0.3, 0.4) is 0 Å². The monoisotopic (exact) mass is 164 g/mol. The summed E-state index contributed by atoms with van der Waals surface area (Å²) in [5.41, 5.74) is 0. The predicted octanol–water partition coefficient (Wildman–Crippen LogP) is -1.93. The van der Waals surface area contributed by atoms with Gasteiger partial charge in [0.2, 0.25) is 5.79 Å². The van der Waals surface area contributed by atoms with Crippen molar-refractivity contribution < 1.29 is 24.8 Å². The Balaban J connectivity index is 2.51. The van der Waals surface area contributed by atoms with E-state index in [2.05, 4.69) is 0 Å². The molecule has 11 heavy (non-hydrogen) atoms. The van der Waals surface area contributed by atoms with E-state index >= 15 is 0 Å². The van der Waals surface area contributed by atoms with Gasteiger partial charge in [0.25, 0.3) is 0 Å². The van der Waals surface area contributed by atoms with Crippen LogP contribution in [0.4, 0.5) is 0 Å². The molecule has 5 heteroatoms. The molecule has 3 atom stereocenters. The Morgan fingerprint density at radius 3 is 2.45 bits per heavy atom. The van der Waals surface area contributed by atoms with E-state index < -0.39 is 24.6 Å². The number of aliphatic hydroxyl groups excluding tert-OH is 3. The van der Waals surface area contributed by atoms with Crippen LogP contribution in [0, 0.1) is 0 Å². The van der Waals surface area contributed by atoms with Gasteiger partial charge in [-0.05, 0) is 0 Å². The highest BCUT2D eigenvalue weighted by molar-refractivity contribution is 4.95. The lowest BCUT2D eigenvalue weighted by Crippen LogP contribution is -2.68. The maximum atomic E-state index is 9.25. The molecule has 1 aliphatic heterocycles. The summed E-state index contributed by atoms with van der Waals surface area (Å²) in [6.07, 6.45) is -1.59. The van der Waals surface area contributed by atoms with Gasteiger partial charge in [0, 0.05) is 7.11 Å². The summed E-state index contributed by atoms with van der Waals surface area (Å²) in [6, 6.07) is 0. The fraction of sp³-hybridized carbons (Fsp3) is 1.00. The van der Waals surface area contributed by atoms with Crippen LogP contribution < -0.4 is 0 Å². The number of hydrogen-bond donors (Lipinski definition) is 3. The molecule has 1 unspecified atom stereocenters. The molecule has 5 nitrogen and oxygen atoms in total. The molecule has 0 aromatic rings. The lowest BCUT2D eigenvalue weighted by molar-refractivity contribution is -0.404. The Bertz CT molecular complexity index is 133. The van der Waals surface area contributed by atoms with Gasteiger partial charge in [0.1, 0.15) is 18.8 Å². The summed E-state index contributed by atoms with van der Waals surface area (Å²) in [5.74, 6) is -1.31. The second kappa shape index (κ2) is 3.04. The summed E-state index contributed by atoms with van der Waals surface area (Å²) in [5, 5.41) is 26.5. The van der Waals surface area contributed by atoms with Crippen LogP contribution >= 0.6 is 0 Å². The molecule has 0 aromatic carbocycles. The van der Waals surface area contributed by atoms with Gasteiger partial charge in [0.15, 0.2) is 0 Å². The van der Waals surface area contributed by atoms with E-state index in [4.69, 9.17) is 19.7 Å². The maximum Gasteiger partial charge on any atom is 0.221 e. The van der Waals surface area contributed by atoms with E-state index in [1.54, 1.807) is 0 Å². The Morgan fingerprint density at radius 2 is 2.18 bits per heavy atom. The van der Waals surface area contributed by atoms with Gasteiger partial charge >= 0.3 is 0 Å². The summed E-state index contributed by atoms with van der Waals surface area (Å²) >= 11 is 0. The lowest BCUT2D eigenvalue weighted by Gasteiger charge is -2.48. The second-order valence-electron chi connectivity index (χ2n) is 2.46. The van der Waals surface area contributed by atoms with E-state index in [0.29, 0.717) is 0 Å². The fourth-order valence-corrected chi connectivity index (χ4v) is 1.10. The first kappa shape index (κ1) is 8.89. The summed E-state index contributed by atoms with van der Waals surface area (Å²) in [4.78, 5) is 0. The SMILES string of the molecule is COC1(CO)O[C@H](CO)[C@@H]1O. The zero-order valence-corrected chi connectivity index (χ0v) is 6.23. The third-order valence-corrected chi connectivity index (χ3v) is 1.90. The summed E-state index contributed by atoms with van der Waals surface area (Å²) < 4.78 is 9.65. The largest absolute Gasteiger partial charge is 0.394 e. The van der Waals surface area contributed by atoms with Gasteiger partial charge in [-0.25, -0.2) is 0 Å². The molecular weight excluding hydrogens is 152 g/mol. The van der Waals surface area contributed by atoms with E-state index in [-0.39, 0.29) is 6.61 Å². The van der Waals surface area contributed by atoms with Gasteiger partial charge < -0.3 is 24.8 Å². The number of hydrogen-bond acceptors (Lipinski definition) is 5. The minimum absolute atomic E-state index is 0.272. The minimum atomic E-state index is -1.31. The van der Waals surface area contributed by atoms with E-state index in [1.807, 2.05) is 0 Å². The minimum Gasteiger partial charge on any atom is -0.394 e. The lowest BCUT2D eigenvalue weighted by atomic mass is 9.98. The molecular formula is C6H12O5. The van der Waals surface area contributed by atoms with Crippen LogP contribution in [-0.4, -0.2) is 53.6 Å². The van der Waals surface area contributed by atoms with Gasteiger partial charge in [-0.3, -0.25) is 0 Å². The smallest absolute Gasteiger partial charge is 0.221 e. The van der Waals surface area contributed by atoms with Crippen molar-refractivity contribution in [1.29, 1.82) is 0 Å². The molecule has 1 saturated heterocycles. The van der Waals surface area contributed by atoms with Crippen molar-refractivity contribution in [1.82, 2.24) is 0 Å². The van der Waals surface area contributed by atoms with Crippen LogP contribution in [0.1, 0.15) is 0 Å². The normalized spacial score (nSPS) is 43.6. The van der Waals surface area contributed by atoms with Crippen molar-refractivity contribution in [2.75, 3.05) is 20.3 Å². The highest BCUT2D eigenvalue weighted by Gasteiger charge is 2.55. The molecule has 0 saturated carbocycles. The maximum absolute atomic E-state index is 9.25. The molecule has 0 radical (unpaired) electrons. The molecule has 0 amide bonds. The highest BCUT2D eigenvalue weighted by Crippen LogP contribution is 2.32. The third kappa shape index (κ3) is 1.15. The van der Waals surface area contributed by atoms with E-state index in [9.17, 15) is 5.11 Å². The van der Waals surface area contributed by atoms with Crippen molar-refractivity contribution in [3.05, 3.63) is 0 Å². The molecule has 0 spiro atoms. The highest BCUT2D eigenvalue weighted by atomic mass is 16.8. The van der Waals surface area contributed by atoms with Crippen LogP contribution in [0.25, 0.3) is 0 Å². The standard InChI is InChI=1S/C6H12O5/c1-10-6(3-8)5(9)4(2-7)11-6/h4-5,7-9H,2-3H2,1H3/t4-,5+,6?/m1/s1. The molecule has 1 aliphatic rings. The molecule has 1 fully saturated rings. The molecule has 66 valence electrons. The van der Waals surface area contributed by atoms with Crippen molar-refractivity contribution in [2.45, 2.75) is 18.0 Å². The van der Waals surface area contributed by atoms with Crippen molar-refractivity contribution in [3.63, 3.8) is 0 Å². The number of ether oxygens (including phenoxy) is 2. The fourth-order valence-electron chi connectivity index (χ4n) is 1.10. The Labute approximate surface area is 64.2 Å². The van der Waals surface area contributed by atoms with Gasteiger partial charge in [-0.15, -0.1) is 0 Å². The van der Waals surface area contributed by atoms with Crippen LogP contribution in [0.5, 0.6) is 0 Å². The molecule has 0 aliphatic carbocycles. The molecule has 0 aromatic heterocycles. The topological polar surface area (TPSA) is 79.2 Å². The molecule has 1 heterocycles. The molecule has 3 N–H and O–H groups in total. The molecule has 0 bridgehead atoms. The van der Waals surface area contributed by atoms with Crippen molar-refractivity contribution in [3.8, 4) is 0 Å². The van der Waals surface area contributed by atoms with Gasteiger partial charge in [-0.2, -0.15) is 0 Å². The van der Waals surface area contributed by atoms with Crippen molar-refractivity contribution >= 4 is 0 Å². The third-order valence-electron chi connectivity index (χ3n) is 1.90. The van der Waals surface area contributed by atoms with Gasteiger partial charge in [-0.1, -0.05) is 0 Å². The second-order valence-corrected chi connectivity index (χ2v) is 2.46. The average Bonchev–Trinajstić information content (AvgIpc) is 2.05. The first-order valence-corrected chi connectivity index (χ1v) is 3.33. The van der Waals surface area contributed by atoms with Gasteiger partial charge in [0.05, 0.1) is 6.61 Å². The van der Waals surface area contributed by atoms with E-state index in [1.165, 1.54) is 7.11 Å². The first-order valence-electron chi connectivity index (χ1n) is 3.33. The quantitative estimate of drug-likeness (QED) is 0.453.